The Kier molecular flexibility index (Phi) is 4.17. The predicted molar refractivity (Wildman–Crippen MR) is 84.7 cm³/mol. The number of nitrogens with zero attached hydrogens (tertiary/aromatic N) is 1. The summed E-state index contributed by atoms with van der Waals surface area (Å²) in [5, 5.41) is 9.39. The Morgan fingerprint density at radius 3 is 2.67 bits per heavy atom. The zero-order valence-corrected chi connectivity index (χ0v) is 12.7. The Labute approximate surface area is 129 Å². The molecule has 1 aromatic carbocycles. The van der Waals surface area contributed by atoms with E-state index in [-0.39, 0.29) is 5.78 Å². The van der Waals surface area contributed by atoms with Crippen molar-refractivity contribution in [2.24, 2.45) is 0 Å². The smallest absolute Gasteiger partial charge is 0.194 e. The van der Waals surface area contributed by atoms with Crippen LogP contribution in [0.15, 0.2) is 36.4 Å². The van der Waals surface area contributed by atoms with Crippen molar-refractivity contribution >= 4 is 17.1 Å². The molecule has 1 aliphatic carbocycles. The van der Waals surface area contributed by atoms with Crippen LogP contribution in [0.1, 0.15) is 50.9 Å². The lowest BCUT2D eigenvalue weighted by Gasteiger charge is -2.06. The van der Waals surface area contributed by atoms with Gasteiger partial charge >= 0.3 is 0 Å². The summed E-state index contributed by atoms with van der Waals surface area (Å²) in [4.78, 5) is 14.8. The summed E-state index contributed by atoms with van der Waals surface area (Å²) in [6.45, 7) is 0. The number of hydrogen-bond acceptors (Lipinski definition) is 3. The summed E-state index contributed by atoms with van der Waals surface area (Å²) < 4.78 is 0. The van der Waals surface area contributed by atoms with E-state index in [0.29, 0.717) is 0 Å². The van der Waals surface area contributed by atoms with E-state index in [1.807, 2.05) is 36.4 Å². The molecule has 1 aromatic heterocycles. The minimum absolute atomic E-state index is 0.0539. The molecule has 2 aromatic rings. The first-order valence-corrected chi connectivity index (χ1v) is 8.21. The highest BCUT2D eigenvalue weighted by molar-refractivity contribution is 7.14. The number of hydrogen-bond donors (Lipinski definition) is 0. The Morgan fingerprint density at radius 2 is 1.90 bits per heavy atom. The number of aryl methyl sites for hydroxylation is 2. The third-order valence-electron chi connectivity index (χ3n) is 4.01. The lowest BCUT2D eigenvalue weighted by Crippen LogP contribution is -2.09. The first-order chi connectivity index (χ1) is 10.3. The molecule has 1 aliphatic rings. The number of Topliss-reactive ketones (excluding diaryl/α,β-unsaturated/α-hetero) is 1. The number of carbonyl (C=O) groups excluding carboxylic acids is 1. The number of benzene rings is 1. The van der Waals surface area contributed by atoms with Crippen molar-refractivity contribution in [1.82, 2.24) is 0 Å². The summed E-state index contributed by atoms with van der Waals surface area (Å²) in [6.07, 6.45) is 5.84. The molecule has 0 saturated heterocycles. The first-order valence-electron chi connectivity index (χ1n) is 7.40. The quantitative estimate of drug-likeness (QED) is 0.617. The molecule has 1 atom stereocenters. The summed E-state index contributed by atoms with van der Waals surface area (Å²) in [5.41, 5.74) is 2.11. The van der Waals surface area contributed by atoms with Crippen molar-refractivity contribution in [3.8, 4) is 6.07 Å². The van der Waals surface area contributed by atoms with E-state index >= 15 is 0 Å². The summed E-state index contributed by atoms with van der Waals surface area (Å²) in [6, 6.07) is 13.5. The van der Waals surface area contributed by atoms with Crippen molar-refractivity contribution in [3.05, 3.63) is 57.3 Å². The van der Waals surface area contributed by atoms with E-state index < -0.39 is 5.92 Å². The van der Waals surface area contributed by atoms with Crippen LogP contribution in [0.25, 0.3) is 0 Å². The van der Waals surface area contributed by atoms with Gasteiger partial charge in [-0.2, -0.15) is 5.26 Å². The number of carbonyl (C=O) groups is 1. The first kappa shape index (κ1) is 14.0. The number of thiophene rings is 1. The van der Waals surface area contributed by atoms with Crippen LogP contribution in [-0.2, 0) is 12.8 Å². The third-order valence-corrected chi connectivity index (χ3v) is 5.27. The molecule has 21 heavy (non-hydrogen) atoms. The fourth-order valence-electron chi connectivity index (χ4n) is 2.86. The maximum Gasteiger partial charge on any atom is 0.194 e. The van der Waals surface area contributed by atoms with E-state index in [2.05, 4.69) is 6.07 Å². The van der Waals surface area contributed by atoms with Crippen LogP contribution in [-0.4, -0.2) is 5.78 Å². The molecule has 1 heterocycles. The van der Waals surface area contributed by atoms with Gasteiger partial charge in [-0.25, -0.2) is 0 Å². The molecule has 0 amide bonds. The number of nitriles is 1. The normalized spacial score (nSPS) is 15.6. The van der Waals surface area contributed by atoms with Gasteiger partial charge in [0.1, 0.15) is 5.92 Å². The highest BCUT2D eigenvalue weighted by Gasteiger charge is 2.24. The molecule has 3 rings (SSSR count). The third kappa shape index (κ3) is 2.91. The Balaban J connectivity index is 1.89. The molecule has 3 heteroatoms. The molecule has 0 spiro atoms. The SMILES string of the molecule is N#CC(C(=O)c1cc2c(s1)CCCCC2)c1ccccc1. The monoisotopic (exact) mass is 295 g/mol. The van der Waals surface area contributed by atoms with Crippen molar-refractivity contribution in [2.45, 2.75) is 38.0 Å². The second-order valence-electron chi connectivity index (χ2n) is 5.46. The standard InChI is InChI=1S/C18H17NOS/c19-12-15(13-7-3-1-4-8-13)18(20)17-11-14-9-5-2-6-10-16(14)21-17/h1,3-4,7-8,11,15H,2,5-6,9-10H2. The highest BCUT2D eigenvalue weighted by Crippen LogP contribution is 2.32. The molecule has 0 N–H and O–H groups in total. The lowest BCUT2D eigenvalue weighted by molar-refractivity contribution is 0.0982. The molecule has 0 bridgehead atoms. The summed E-state index contributed by atoms with van der Waals surface area (Å²) in [7, 11) is 0. The Hall–Kier alpha value is -1.92. The fourth-order valence-corrected chi connectivity index (χ4v) is 4.08. The molecule has 0 radical (unpaired) electrons. The summed E-state index contributed by atoms with van der Waals surface area (Å²) >= 11 is 1.59. The van der Waals surface area contributed by atoms with Gasteiger partial charge in [0.15, 0.2) is 5.78 Å². The van der Waals surface area contributed by atoms with Crippen molar-refractivity contribution in [3.63, 3.8) is 0 Å². The predicted octanol–water partition coefficient (Wildman–Crippen LogP) is 4.51. The van der Waals surface area contributed by atoms with Crippen LogP contribution in [0.3, 0.4) is 0 Å². The van der Waals surface area contributed by atoms with Gasteiger partial charge in [-0.1, -0.05) is 36.8 Å². The topological polar surface area (TPSA) is 40.9 Å². The van der Waals surface area contributed by atoms with E-state index in [0.717, 1.165) is 23.3 Å². The fraction of sp³-hybridized carbons (Fsp3) is 0.333. The van der Waals surface area contributed by atoms with Gasteiger partial charge in [0.05, 0.1) is 10.9 Å². The second kappa shape index (κ2) is 6.24. The van der Waals surface area contributed by atoms with Crippen LogP contribution in [0.2, 0.25) is 0 Å². The van der Waals surface area contributed by atoms with Gasteiger partial charge in [0, 0.05) is 4.88 Å². The zero-order chi connectivity index (χ0) is 14.7. The second-order valence-corrected chi connectivity index (χ2v) is 6.59. The van der Waals surface area contributed by atoms with Crippen LogP contribution >= 0.6 is 11.3 Å². The van der Waals surface area contributed by atoms with E-state index in [1.165, 1.54) is 29.7 Å². The maximum absolute atomic E-state index is 12.7. The maximum atomic E-state index is 12.7. The van der Waals surface area contributed by atoms with Gasteiger partial charge in [-0.05, 0) is 42.9 Å². The highest BCUT2D eigenvalue weighted by atomic mass is 32.1. The van der Waals surface area contributed by atoms with Crippen molar-refractivity contribution in [1.29, 1.82) is 5.26 Å². The minimum atomic E-state index is -0.687. The van der Waals surface area contributed by atoms with Crippen LogP contribution in [0.4, 0.5) is 0 Å². The molecule has 106 valence electrons. The van der Waals surface area contributed by atoms with Gasteiger partial charge in [0.25, 0.3) is 0 Å². The average molecular weight is 295 g/mol. The van der Waals surface area contributed by atoms with E-state index in [9.17, 15) is 10.1 Å². The summed E-state index contributed by atoms with van der Waals surface area (Å²) in [5.74, 6) is -0.740. The molecule has 0 fully saturated rings. The van der Waals surface area contributed by atoms with Gasteiger partial charge in [-0.15, -0.1) is 11.3 Å². The molecule has 0 saturated carbocycles. The Bertz CT molecular complexity index is 657. The van der Waals surface area contributed by atoms with E-state index in [4.69, 9.17) is 0 Å². The van der Waals surface area contributed by atoms with Gasteiger partial charge < -0.3 is 0 Å². The minimum Gasteiger partial charge on any atom is -0.291 e. The van der Waals surface area contributed by atoms with Crippen molar-refractivity contribution in [2.75, 3.05) is 0 Å². The van der Waals surface area contributed by atoms with E-state index in [1.54, 1.807) is 11.3 Å². The van der Waals surface area contributed by atoms with Crippen LogP contribution in [0.5, 0.6) is 0 Å². The number of ketones is 1. The van der Waals surface area contributed by atoms with Crippen LogP contribution in [0, 0.1) is 11.3 Å². The molecule has 1 unspecified atom stereocenters. The zero-order valence-electron chi connectivity index (χ0n) is 11.8. The molecule has 0 aliphatic heterocycles. The molecule has 2 nitrogen and oxygen atoms in total. The van der Waals surface area contributed by atoms with Crippen molar-refractivity contribution < 1.29 is 4.79 Å². The molecular formula is C18H17NOS. The Morgan fingerprint density at radius 1 is 1.14 bits per heavy atom. The number of fused-ring (bicyclic) bond motifs is 1. The van der Waals surface area contributed by atoms with Gasteiger partial charge in [-0.3, -0.25) is 4.79 Å². The molecular weight excluding hydrogens is 278 g/mol. The average Bonchev–Trinajstić information content (AvgIpc) is 2.80. The van der Waals surface area contributed by atoms with Crippen LogP contribution < -0.4 is 0 Å². The lowest BCUT2D eigenvalue weighted by atomic mass is 9.95. The largest absolute Gasteiger partial charge is 0.291 e. The number of rotatable bonds is 3. The van der Waals surface area contributed by atoms with Gasteiger partial charge in [0.2, 0.25) is 0 Å².